The SMILES string of the molecule is CCCC(O)CCCCC(C)(C)C. The summed E-state index contributed by atoms with van der Waals surface area (Å²) in [7, 11) is 0. The summed E-state index contributed by atoms with van der Waals surface area (Å²) >= 11 is 0. The van der Waals surface area contributed by atoms with Gasteiger partial charge in [0, 0.05) is 0 Å². The molecule has 1 unspecified atom stereocenters. The number of unbranched alkanes of at least 4 members (excludes halogenated alkanes) is 1. The Bertz CT molecular complexity index is 113. The van der Waals surface area contributed by atoms with E-state index in [9.17, 15) is 5.11 Å². The Morgan fingerprint density at radius 3 is 2.15 bits per heavy atom. The van der Waals surface area contributed by atoms with Gasteiger partial charge < -0.3 is 5.11 Å². The third-order valence-electron chi connectivity index (χ3n) is 2.34. The van der Waals surface area contributed by atoms with Crippen molar-refractivity contribution in [3.8, 4) is 0 Å². The van der Waals surface area contributed by atoms with Crippen LogP contribution in [0.3, 0.4) is 0 Å². The van der Waals surface area contributed by atoms with Gasteiger partial charge in [-0.05, 0) is 24.7 Å². The lowest BCUT2D eigenvalue weighted by Gasteiger charge is -2.18. The zero-order valence-corrected chi connectivity index (χ0v) is 9.77. The third kappa shape index (κ3) is 9.88. The fourth-order valence-electron chi connectivity index (χ4n) is 1.51. The molecule has 13 heavy (non-hydrogen) atoms. The van der Waals surface area contributed by atoms with E-state index in [2.05, 4.69) is 27.7 Å². The van der Waals surface area contributed by atoms with Gasteiger partial charge in [-0.15, -0.1) is 0 Å². The number of rotatable bonds is 6. The van der Waals surface area contributed by atoms with Crippen LogP contribution in [0.1, 0.15) is 66.2 Å². The van der Waals surface area contributed by atoms with E-state index in [1.807, 2.05) is 0 Å². The average molecular weight is 186 g/mol. The van der Waals surface area contributed by atoms with Crippen LogP contribution in [0.25, 0.3) is 0 Å². The lowest BCUT2D eigenvalue weighted by Crippen LogP contribution is -2.07. The van der Waals surface area contributed by atoms with Crippen LogP contribution >= 0.6 is 0 Å². The minimum Gasteiger partial charge on any atom is -0.393 e. The number of hydrogen-bond acceptors (Lipinski definition) is 1. The highest BCUT2D eigenvalue weighted by Gasteiger charge is 2.09. The van der Waals surface area contributed by atoms with Gasteiger partial charge in [0.05, 0.1) is 6.10 Å². The van der Waals surface area contributed by atoms with Gasteiger partial charge in [-0.1, -0.05) is 47.0 Å². The molecule has 1 nitrogen and oxygen atoms in total. The molecule has 0 rings (SSSR count). The van der Waals surface area contributed by atoms with Gasteiger partial charge in [0.25, 0.3) is 0 Å². The van der Waals surface area contributed by atoms with E-state index >= 15 is 0 Å². The molecule has 1 atom stereocenters. The zero-order chi connectivity index (χ0) is 10.3. The first-order valence-corrected chi connectivity index (χ1v) is 5.64. The Hall–Kier alpha value is -0.0400. The third-order valence-corrected chi connectivity index (χ3v) is 2.34. The van der Waals surface area contributed by atoms with Crippen LogP contribution in [0.2, 0.25) is 0 Å². The van der Waals surface area contributed by atoms with E-state index in [0.29, 0.717) is 5.41 Å². The van der Waals surface area contributed by atoms with Crippen LogP contribution in [-0.4, -0.2) is 11.2 Å². The Kier molecular flexibility index (Phi) is 6.40. The quantitative estimate of drug-likeness (QED) is 0.626. The van der Waals surface area contributed by atoms with E-state index < -0.39 is 0 Å². The summed E-state index contributed by atoms with van der Waals surface area (Å²) in [6.45, 7) is 8.94. The molecule has 1 heteroatoms. The molecule has 0 amide bonds. The maximum Gasteiger partial charge on any atom is 0.0540 e. The molecule has 1 N–H and O–H groups in total. The lowest BCUT2D eigenvalue weighted by molar-refractivity contribution is 0.148. The lowest BCUT2D eigenvalue weighted by atomic mass is 9.89. The molecule has 0 radical (unpaired) electrons. The summed E-state index contributed by atoms with van der Waals surface area (Å²) in [4.78, 5) is 0. The van der Waals surface area contributed by atoms with E-state index in [0.717, 1.165) is 19.3 Å². The molecule has 0 aromatic carbocycles. The van der Waals surface area contributed by atoms with Crippen molar-refractivity contribution in [3.05, 3.63) is 0 Å². The zero-order valence-electron chi connectivity index (χ0n) is 9.77. The molecular weight excluding hydrogens is 160 g/mol. The van der Waals surface area contributed by atoms with Crippen molar-refractivity contribution in [2.45, 2.75) is 72.3 Å². The molecule has 0 aliphatic carbocycles. The normalized spacial score (nSPS) is 14.5. The molecule has 0 heterocycles. The molecule has 80 valence electrons. The first-order valence-electron chi connectivity index (χ1n) is 5.64. The van der Waals surface area contributed by atoms with Crippen LogP contribution in [0.15, 0.2) is 0 Å². The molecule has 0 aromatic rings. The summed E-state index contributed by atoms with van der Waals surface area (Å²) in [5, 5.41) is 9.48. The van der Waals surface area contributed by atoms with Crippen molar-refractivity contribution in [1.82, 2.24) is 0 Å². The van der Waals surface area contributed by atoms with Gasteiger partial charge in [-0.25, -0.2) is 0 Å². The highest BCUT2D eigenvalue weighted by atomic mass is 16.3. The Morgan fingerprint density at radius 1 is 1.08 bits per heavy atom. The fourth-order valence-corrected chi connectivity index (χ4v) is 1.51. The van der Waals surface area contributed by atoms with Crippen LogP contribution in [0.5, 0.6) is 0 Å². The maximum absolute atomic E-state index is 9.48. The van der Waals surface area contributed by atoms with Gasteiger partial charge in [0.15, 0.2) is 0 Å². The fraction of sp³-hybridized carbons (Fsp3) is 1.00. The van der Waals surface area contributed by atoms with Crippen molar-refractivity contribution in [1.29, 1.82) is 0 Å². The minimum absolute atomic E-state index is 0.0510. The van der Waals surface area contributed by atoms with Crippen molar-refractivity contribution in [2.24, 2.45) is 5.41 Å². The van der Waals surface area contributed by atoms with E-state index in [4.69, 9.17) is 0 Å². The van der Waals surface area contributed by atoms with Gasteiger partial charge in [-0.2, -0.15) is 0 Å². The summed E-state index contributed by atoms with van der Waals surface area (Å²) in [6.07, 6.45) is 6.71. The van der Waals surface area contributed by atoms with E-state index in [1.165, 1.54) is 19.3 Å². The minimum atomic E-state index is -0.0510. The monoisotopic (exact) mass is 186 g/mol. The van der Waals surface area contributed by atoms with Gasteiger partial charge in [0.1, 0.15) is 0 Å². The molecule has 0 aromatic heterocycles. The van der Waals surface area contributed by atoms with Crippen molar-refractivity contribution >= 4 is 0 Å². The van der Waals surface area contributed by atoms with Crippen molar-refractivity contribution in [2.75, 3.05) is 0 Å². The van der Waals surface area contributed by atoms with Crippen LogP contribution < -0.4 is 0 Å². The van der Waals surface area contributed by atoms with Crippen molar-refractivity contribution in [3.63, 3.8) is 0 Å². The number of hydrogen-bond donors (Lipinski definition) is 1. The summed E-state index contributed by atoms with van der Waals surface area (Å²) in [6, 6.07) is 0. The standard InChI is InChI=1S/C12H26O/c1-5-8-11(13)9-6-7-10-12(2,3)4/h11,13H,5-10H2,1-4H3. The number of aliphatic hydroxyl groups is 1. The molecule has 0 aliphatic rings. The summed E-state index contributed by atoms with van der Waals surface area (Å²) < 4.78 is 0. The highest BCUT2D eigenvalue weighted by Crippen LogP contribution is 2.22. The first kappa shape index (κ1) is 13.0. The predicted molar refractivity (Wildman–Crippen MR) is 58.8 cm³/mol. The molecule has 0 saturated carbocycles. The smallest absolute Gasteiger partial charge is 0.0540 e. The molecule has 0 fully saturated rings. The van der Waals surface area contributed by atoms with Gasteiger partial charge in [-0.3, -0.25) is 0 Å². The van der Waals surface area contributed by atoms with Crippen LogP contribution in [-0.2, 0) is 0 Å². The molecule has 0 saturated heterocycles. The predicted octanol–water partition coefficient (Wildman–Crippen LogP) is 3.75. The first-order chi connectivity index (χ1) is 5.95. The van der Waals surface area contributed by atoms with Crippen molar-refractivity contribution < 1.29 is 5.11 Å². The molecular formula is C12H26O. The largest absolute Gasteiger partial charge is 0.393 e. The second-order valence-electron chi connectivity index (χ2n) is 5.25. The Labute approximate surface area is 83.5 Å². The van der Waals surface area contributed by atoms with E-state index in [1.54, 1.807) is 0 Å². The summed E-state index contributed by atoms with van der Waals surface area (Å²) in [5.41, 5.74) is 0.454. The second kappa shape index (κ2) is 6.42. The highest BCUT2D eigenvalue weighted by molar-refractivity contribution is 4.62. The second-order valence-corrected chi connectivity index (χ2v) is 5.25. The average Bonchev–Trinajstić information content (AvgIpc) is 1.97. The maximum atomic E-state index is 9.48. The number of aliphatic hydroxyl groups excluding tert-OH is 1. The Morgan fingerprint density at radius 2 is 1.69 bits per heavy atom. The van der Waals surface area contributed by atoms with Crippen LogP contribution in [0.4, 0.5) is 0 Å². The molecule has 0 bridgehead atoms. The molecule has 0 spiro atoms. The van der Waals surface area contributed by atoms with E-state index in [-0.39, 0.29) is 6.10 Å². The summed E-state index contributed by atoms with van der Waals surface area (Å²) in [5.74, 6) is 0. The van der Waals surface area contributed by atoms with Gasteiger partial charge in [0.2, 0.25) is 0 Å². The van der Waals surface area contributed by atoms with Gasteiger partial charge >= 0.3 is 0 Å². The molecule has 0 aliphatic heterocycles. The Balaban J connectivity index is 3.25. The van der Waals surface area contributed by atoms with Crippen LogP contribution in [0, 0.1) is 5.41 Å². The topological polar surface area (TPSA) is 20.2 Å².